The van der Waals surface area contributed by atoms with Gasteiger partial charge in [-0.2, -0.15) is 0 Å². The van der Waals surface area contributed by atoms with E-state index in [0.29, 0.717) is 13.2 Å². The third-order valence-electron chi connectivity index (χ3n) is 2.53. The Morgan fingerprint density at radius 3 is 2.68 bits per heavy atom. The van der Waals surface area contributed by atoms with Crippen LogP contribution in [0.5, 0.6) is 0 Å². The number of benzene rings is 1. The fourth-order valence-corrected chi connectivity index (χ4v) is 1.98. The van der Waals surface area contributed by atoms with Crippen LogP contribution >= 0.6 is 15.9 Å². The standard InChI is InChI=1S/C14H16BrN3O/c1-2-16-14-8-17-12(7-18-14)10-19-9-11-5-3-4-6-13(11)15/h3-8H,2,9-10H2,1H3,(H,16,18). The summed E-state index contributed by atoms with van der Waals surface area (Å²) in [6.07, 6.45) is 3.46. The second-order valence-electron chi connectivity index (χ2n) is 4.01. The maximum absolute atomic E-state index is 5.63. The number of nitrogens with zero attached hydrogens (tertiary/aromatic N) is 2. The minimum Gasteiger partial charge on any atom is -0.370 e. The molecular weight excluding hydrogens is 306 g/mol. The number of halogens is 1. The Hall–Kier alpha value is -1.46. The lowest BCUT2D eigenvalue weighted by molar-refractivity contribution is 0.104. The molecule has 5 heteroatoms. The molecule has 0 fully saturated rings. The van der Waals surface area contributed by atoms with Crippen molar-refractivity contribution >= 4 is 21.7 Å². The highest BCUT2D eigenvalue weighted by Gasteiger charge is 2.00. The Morgan fingerprint density at radius 1 is 1.16 bits per heavy atom. The summed E-state index contributed by atoms with van der Waals surface area (Å²) in [5.41, 5.74) is 1.95. The average Bonchev–Trinajstić information content (AvgIpc) is 2.43. The third-order valence-corrected chi connectivity index (χ3v) is 3.30. The monoisotopic (exact) mass is 321 g/mol. The number of rotatable bonds is 6. The van der Waals surface area contributed by atoms with Gasteiger partial charge in [0, 0.05) is 11.0 Å². The Morgan fingerprint density at radius 2 is 2.00 bits per heavy atom. The summed E-state index contributed by atoms with van der Waals surface area (Å²) in [6, 6.07) is 8.01. The molecule has 2 aromatic rings. The zero-order chi connectivity index (χ0) is 13.5. The molecule has 1 N–H and O–H groups in total. The number of aromatic nitrogens is 2. The van der Waals surface area contributed by atoms with E-state index in [-0.39, 0.29) is 0 Å². The van der Waals surface area contributed by atoms with Crippen molar-refractivity contribution in [3.63, 3.8) is 0 Å². The number of hydrogen-bond acceptors (Lipinski definition) is 4. The van der Waals surface area contributed by atoms with Crippen LogP contribution in [0.3, 0.4) is 0 Å². The van der Waals surface area contributed by atoms with Gasteiger partial charge in [-0.05, 0) is 18.6 Å². The topological polar surface area (TPSA) is 47.0 Å². The Bertz CT molecular complexity index is 516. The second kappa shape index (κ2) is 7.21. The van der Waals surface area contributed by atoms with Crippen molar-refractivity contribution in [2.24, 2.45) is 0 Å². The molecule has 0 radical (unpaired) electrons. The highest BCUT2D eigenvalue weighted by Crippen LogP contribution is 2.17. The van der Waals surface area contributed by atoms with Crippen LogP contribution in [0.25, 0.3) is 0 Å². The summed E-state index contributed by atoms with van der Waals surface area (Å²) >= 11 is 3.49. The first-order chi connectivity index (χ1) is 9.29. The van der Waals surface area contributed by atoms with Gasteiger partial charge in [-0.1, -0.05) is 34.1 Å². The molecule has 0 saturated heterocycles. The van der Waals surface area contributed by atoms with Crippen LogP contribution in [0.1, 0.15) is 18.2 Å². The molecule has 1 aromatic heterocycles. The fraction of sp³-hybridized carbons (Fsp3) is 0.286. The van der Waals surface area contributed by atoms with Gasteiger partial charge >= 0.3 is 0 Å². The lowest BCUT2D eigenvalue weighted by Gasteiger charge is -2.06. The van der Waals surface area contributed by atoms with E-state index in [9.17, 15) is 0 Å². The molecule has 0 aliphatic carbocycles. The molecule has 0 spiro atoms. The molecule has 0 atom stereocenters. The lowest BCUT2D eigenvalue weighted by Crippen LogP contribution is -2.02. The Labute approximate surface area is 121 Å². The number of ether oxygens (including phenoxy) is 1. The molecule has 0 bridgehead atoms. The van der Waals surface area contributed by atoms with Crippen molar-refractivity contribution in [3.8, 4) is 0 Å². The zero-order valence-corrected chi connectivity index (χ0v) is 12.4. The summed E-state index contributed by atoms with van der Waals surface area (Å²) < 4.78 is 6.69. The summed E-state index contributed by atoms with van der Waals surface area (Å²) in [4.78, 5) is 8.54. The van der Waals surface area contributed by atoms with Crippen molar-refractivity contribution in [2.75, 3.05) is 11.9 Å². The first-order valence-electron chi connectivity index (χ1n) is 6.15. The van der Waals surface area contributed by atoms with E-state index in [1.165, 1.54) is 0 Å². The molecule has 0 unspecified atom stereocenters. The van der Waals surface area contributed by atoms with E-state index in [4.69, 9.17) is 4.74 Å². The normalized spacial score (nSPS) is 10.4. The zero-order valence-electron chi connectivity index (χ0n) is 10.8. The van der Waals surface area contributed by atoms with Crippen LogP contribution in [0.4, 0.5) is 5.82 Å². The molecule has 4 nitrogen and oxygen atoms in total. The van der Waals surface area contributed by atoms with E-state index in [2.05, 4.69) is 31.2 Å². The van der Waals surface area contributed by atoms with E-state index in [0.717, 1.165) is 28.1 Å². The minimum absolute atomic E-state index is 0.459. The van der Waals surface area contributed by atoms with Gasteiger partial charge < -0.3 is 10.1 Å². The predicted octanol–water partition coefficient (Wildman–Crippen LogP) is 3.39. The summed E-state index contributed by atoms with van der Waals surface area (Å²) in [5.74, 6) is 0.789. The van der Waals surface area contributed by atoms with Gasteiger partial charge in [0.25, 0.3) is 0 Å². The molecule has 100 valence electrons. The predicted molar refractivity (Wildman–Crippen MR) is 78.8 cm³/mol. The summed E-state index contributed by atoms with van der Waals surface area (Å²) in [5, 5.41) is 3.10. The SMILES string of the molecule is CCNc1cnc(COCc2ccccc2Br)cn1. The Balaban J connectivity index is 1.84. The van der Waals surface area contributed by atoms with Gasteiger partial charge in [-0.15, -0.1) is 0 Å². The maximum atomic E-state index is 5.63. The van der Waals surface area contributed by atoms with Crippen molar-refractivity contribution in [2.45, 2.75) is 20.1 Å². The third kappa shape index (κ3) is 4.29. The lowest BCUT2D eigenvalue weighted by atomic mass is 10.2. The fourth-order valence-electron chi connectivity index (χ4n) is 1.58. The van der Waals surface area contributed by atoms with Crippen LogP contribution in [0.2, 0.25) is 0 Å². The van der Waals surface area contributed by atoms with Gasteiger partial charge in [-0.3, -0.25) is 4.98 Å². The van der Waals surface area contributed by atoms with E-state index in [1.807, 2.05) is 31.2 Å². The van der Waals surface area contributed by atoms with Gasteiger partial charge in [-0.25, -0.2) is 4.98 Å². The van der Waals surface area contributed by atoms with Gasteiger partial charge in [0.2, 0.25) is 0 Å². The van der Waals surface area contributed by atoms with Gasteiger partial charge in [0.15, 0.2) is 0 Å². The summed E-state index contributed by atoms with van der Waals surface area (Å²) in [6.45, 7) is 3.88. The molecule has 0 saturated carbocycles. The van der Waals surface area contributed by atoms with Crippen LogP contribution in [0, 0.1) is 0 Å². The van der Waals surface area contributed by atoms with E-state index < -0.39 is 0 Å². The highest BCUT2D eigenvalue weighted by molar-refractivity contribution is 9.10. The van der Waals surface area contributed by atoms with Crippen LogP contribution < -0.4 is 5.32 Å². The van der Waals surface area contributed by atoms with Crippen molar-refractivity contribution < 1.29 is 4.74 Å². The van der Waals surface area contributed by atoms with Gasteiger partial charge in [0.05, 0.1) is 31.3 Å². The highest BCUT2D eigenvalue weighted by atomic mass is 79.9. The largest absolute Gasteiger partial charge is 0.370 e. The Kier molecular flexibility index (Phi) is 5.30. The van der Waals surface area contributed by atoms with E-state index in [1.54, 1.807) is 12.4 Å². The smallest absolute Gasteiger partial charge is 0.144 e. The minimum atomic E-state index is 0.459. The van der Waals surface area contributed by atoms with Crippen LogP contribution in [0.15, 0.2) is 41.1 Å². The molecule has 1 aromatic carbocycles. The van der Waals surface area contributed by atoms with Crippen molar-refractivity contribution in [3.05, 3.63) is 52.4 Å². The van der Waals surface area contributed by atoms with Crippen molar-refractivity contribution in [1.82, 2.24) is 9.97 Å². The molecule has 0 aliphatic rings. The first-order valence-corrected chi connectivity index (χ1v) is 6.95. The average molecular weight is 322 g/mol. The molecule has 2 rings (SSSR count). The number of hydrogen-bond donors (Lipinski definition) is 1. The molecular formula is C14H16BrN3O. The molecule has 19 heavy (non-hydrogen) atoms. The molecule has 0 amide bonds. The maximum Gasteiger partial charge on any atom is 0.144 e. The van der Waals surface area contributed by atoms with E-state index >= 15 is 0 Å². The first kappa shape index (κ1) is 14.0. The number of anilines is 1. The van der Waals surface area contributed by atoms with Crippen LogP contribution in [-0.4, -0.2) is 16.5 Å². The van der Waals surface area contributed by atoms with Crippen LogP contribution in [-0.2, 0) is 18.0 Å². The molecule has 0 aliphatic heterocycles. The quantitative estimate of drug-likeness (QED) is 0.886. The second-order valence-corrected chi connectivity index (χ2v) is 4.86. The number of nitrogens with one attached hydrogen (secondary N) is 1. The van der Waals surface area contributed by atoms with Crippen molar-refractivity contribution in [1.29, 1.82) is 0 Å². The van der Waals surface area contributed by atoms with Gasteiger partial charge in [0.1, 0.15) is 5.82 Å². The molecule has 1 heterocycles. The summed E-state index contributed by atoms with van der Waals surface area (Å²) in [7, 11) is 0.